The smallest absolute Gasteiger partial charge is 0.237 e. The number of carbonyl (C=O) groups excluding carboxylic acids is 1. The van der Waals surface area contributed by atoms with Crippen LogP contribution in [0.2, 0.25) is 0 Å². The number of imidazole rings is 1. The Morgan fingerprint density at radius 2 is 2.08 bits per heavy atom. The number of fused-ring (bicyclic) bond motifs is 2. The third-order valence-electron chi connectivity index (χ3n) is 6.69. The number of ether oxygens (including phenoxy) is 2. The van der Waals surface area contributed by atoms with E-state index in [1.165, 1.54) is 18.5 Å². The first-order valence-electron chi connectivity index (χ1n) is 10.0. The fourth-order valence-electron chi connectivity index (χ4n) is 5.07. The highest BCUT2D eigenvalue weighted by atomic mass is 16.5. The molecule has 1 aromatic heterocycles. The number of aromatic amines is 1. The Balaban J connectivity index is 1.37. The van der Waals surface area contributed by atoms with E-state index in [0.717, 1.165) is 51.3 Å². The number of aromatic nitrogens is 2. The maximum absolute atomic E-state index is 13.3. The molecule has 5 rings (SSSR count). The molecule has 7 heteroatoms. The number of morpholine rings is 1. The van der Waals surface area contributed by atoms with Gasteiger partial charge in [0.1, 0.15) is 0 Å². The first-order valence-corrected chi connectivity index (χ1v) is 10.0. The Hall–Kier alpha value is -1.44. The first kappa shape index (κ1) is 16.7. The summed E-state index contributed by atoms with van der Waals surface area (Å²) in [6, 6.07) is 0.285. The maximum atomic E-state index is 13.3. The maximum Gasteiger partial charge on any atom is 0.237 e. The molecule has 26 heavy (non-hydrogen) atoms. The predicted molar refractivity (Wildman–Crippen MR) is 94.6 cm³/mol. The lowest BCUT2D eigenvalue weighted by molar-refractivity contribution is -0.146. The summed E-state index contributed by atoms with van der Waals surface area (Å²) in [7, 11) is 0. The van der Waals surface area contributed by atoms with Crippen molar-refractivity contribution in [1.29, 1.82) is 0 Å². The van der Waals surface area contributed by atoms with Gasteiger partial charge in [-0.25, -0.2) is 4.98 Å². The molecule has 1 spiro atoms. The molecule has 1 unspecified atom stereocenters. The molecule has 1 amide bonds. The van der Waals surface area contributed by atoms with Crippen LogP contribution in [0.25, 0.3) is 0 Å². The summed E-state index contributed by atoms with van der Waals surface area (Å²) in [5.41, 5.74) is 2.22. The van der Waals surface area contributed by atoms with Crippen molar-refractivity contribution in [2.75, 3.05) is 46.1 Å². The van der Waals surface area contributed by atoms with Crippen LogP contribution in [0.4, 0.5) is 0 Å². The Morgan fingerprint density at radius 3 is 2.88 bits per heavy atom. The van der Waals surface area contributed by atoms with Gasteiger partial charge < -0.3 is 19.4 Å². The van der Waals surface area contributed by atoms with Crippen molar-refractivity contribution in [3.8, 4) is 0 Å². The number of nitrogens with one attached hydrogen (secondary N) is 1. The van der Waals surface area contributed by atoms with Crippen molar-refractivity contribution in [2.24, 2.45) is 5.92 Å². The standard InChI is InChI=1S/C19H28N4O3/c24-17(23-7-10-26-12-16(23)14-1-2-14)11-22-6-3-15-18(21-13-20-15)19(22)4-8-25-9-5-19/h13-14,16H,1-12H2,(H,20,21). The quantitative estimate of drug-likeness (QED) is 0.868. The molecule has 1 saturated carbocycles. The van der Waals surface area contributed by atoms with Crippen molar-refractivity contribution < 1.29 is 14.3 Å². The van der Waals surface area contributed by atoms with Gasteiger partial charge in [-0.1, -0.05) is 0 Å². The van der Waals surface area contributed by atoms with E-state index >= 15 is 0 Å². The van der Waals surface area contributed by atoms with Gasteiger partial charge in [0.2, 0.25) is 5.91 Å². The number of amides is 1. The molecule has 4 heterocycles. The largest absolute Gasteiger partial charge is 0.381 e. The second kappa shape index (κ2) is 6.62. The lowest BCUT2D eigenvalue weighted by Gasteiger charge is -2.49. The molecule has 1 N–H and O–H groups in total. The molecule has 3 aliphatic heterocycles. The van der Waals surface area contributed by atoms with E-state index in [0.29, 0.717) is 25.7 Å². The number of carbonyl (C=O) groups is 1. The fourth-order valence-corrected chi connectivity index (χ4v) is 5.07. The minimum atomic E-state index is -0.150. The molecule has 2 saturated heterocycles. The Labute approximate surface area is 154 Å². The van der Waals surface area contributed by atoms with E-state index < -0.39 is 0 Å². The van der Waals surface area contributed by atoms with Gasteiger partial charge in [-0.05, 0) is 31.6 Å². The molecule has 1 aromatic rings. The highest BCUT2D eigenvalue weighted by Crippen LogP contribution is 2.42. The Bertz CT molecular complexity index is 665. The molecule has 7 nitrogen and oxygen atoms in total. The fraction of sp³-hybridized carbons (Fsp3) is 0.789. The van der Waals surface area contributed by atoms with Crippen LogP contribution < -0.4 is 0 Å². The highest BCUT2D eigenvalue weighted by molar-refractivity contribution is 5.79. The number of nitrogens with zero attached hydrogens (tertiary/aromatic N) is 3. The summed E-state index contributed by atoms with van der Waals surface area (Å²) < 4.78 is 11.3. The monoisotopic (exact) mass is 360 g/mol. The van der Waals surface area contributed by atoms with Crippen LogP contribution in [0, 0.1) is 5.92 Å². The van der Waals surface area contributed by atoms with Crippen LogP contribution in [-0.4, -0.2) is 77.8 Å². The van der Waals surface area contributed by atoms with Crippen molar-refractivity contribution in [3.05, 3.63) is 17.7 Å². The van der Waals surface area contributed by atoms with Crippen molar-refractivity contribution >= 4 is 5.91 Å². The topological polar surface area (TPSA) is 70.7 Å². The van der Waals surface area contributed by atoms with Gasteiger partial charge in [0, 0.05) is 38.4 Å². The minimum Gasteiger partial charge on any atom is -0.381 e. The van der Waals surface area contributed by atoms with Gasteiger partial charge in [0.25, 0.3) is 0 Å². The van der Waals surface area contributed by atoms with E-state index in [2.05, 4.69) is 19.8 Å². The molecule has 1 aliphatic carbocycles. The van der Waals surface area contributed by atoms with Gasteiger partial charge in [-0.3, -0.25) is 9.69 Å². The van der Waals surface area contributed by atoms with Crippen LogP contribution in [0.3, 0.4) is 0 Å². The zero-order chi connectivity index (χ0) is 17.6. The summed E-state index contributed by atoms with van der Waals surface area (Å²) in [5.74, 6) is 0.908. The second-order valence-corrected chi connectivity index (χ2v) is 8.11. The molecule has 1 atom stereocenters. The lowest BCUT2D eigenvalue weighted by atomic mass is 9.80. The van der Waals surface area contributed by atoms with E-state index in [9.17, 15) is 4.79 Å². The van der Waals surface area contributed by atoms with Gasteiger partial charge in [0.15, 0.2) is 0 Å². The van der Waals surface area contributed by atoms with E-state index in [4.69, 9.17) is 9.47 Å². The molecule has 4 aliphatic rings. The van der Waals surface area contributed by atoms with E-state index in [1.54, 1.807) is 6.33 Å². The van der Waals surface area contributed by atoms with E-state index in [1.807, 2.05) is 0 Å². The zero-order valence-corrected chi connectivity index (χ0v) is 15.3. The van der Waals surface area contributed by atoms with Gasteiger partial charge in [-0.15, -0.1) is 0 Å². The number of hydrogen-bond acceptors (Lipinski definition) is 5. The predicted octanol–water partition coefficient (Wildman–Crippen LogP) is 0.911. The molecular formula is C19H28N4O3. The number of H-pyrrole nitrogens is 1. The number of hydrogen-bond donors (Lipinski definition) is 1. The Morgan fingerprint density at radius 1 is 1.23 bits per heavy atom. The van der Waals surface area contributed by atoms with Crippen LogP contribution in [0.15, 0.2) is 6.33 Å². The average molecular weight is 360 g/mol. The third kappa shape index (κ3) is 2.77. The van der Waals surface area contributed by atoms with Gasteiger partial charge >= 0.3 is 0 Å². The first-order chi connectivity index (χ1) is 12.8. The minimum absolute atomic E-state index is 0.150. The van der Waals surface area contributed by atoms with Crippen LogP contribution in [0.5, 0.6) is 0 Å². The van der Waals surface area contributed by atoms with Crippen molar-refractivity contribution in [3.63, 3.8) is 0 Å². The van der Waals surface area contributed by atoms with Crippen LogP contribution in [0.1, 0.15) is 37.1 Å². The molecule has 0 bridgehead atoms. The van der Waals surface area contributed by atoms with Crippen molar-refractivity contribution in [2.45, 2.75) is 43.7 Å². The second-order valence-electron chi connectivity index (χ2n) is 8.11. The lowest BCUT2D eigenvalue weighted by Crippen LogP contribution is -2.59. The van der Waals surface area contributed by atoms with Gasteiger partial charge in [-0.2, -0.15) is 0 Å². The molecule has 0 aromatic carbocycles. The summed E-state index contributed by atoms with van der Waals surface area (Å²) in [5, 5.41) is 0. The highest BCUT2D eigenvalue weighted by Gasteiger charge is 2.47. The normalized spacial score (nSPS) is 28.9. The van der Waals surface area contributed by atoms with Crippen LogP contribution in [-0.2, 0) is 26.2 Å². The average Bonchev–Trinajstić information content (AvgIpc) is 3.41. The third-order valence-corrected chi connectivity index (χ3v) is 6.69. The number of rotatable bonds is 3. The molecule has 142 valence electrons. The van der Waals surface area contributed by atoms with Crippen molar-refractivity contribution in [1.82, 2.24) is 19.8 Å². The molecular weight excluding hydrogens is 332 g/mol. The Kier molecular flexibility index (Phi) is 4.26. The summed E-state index contributed by atoms with van der Waals surface area (Å²) in [6.45, 7) is 4.96. The van der Waals surface area contributed by atoms with Gasteiger partial charge in [0.05, 0.1) is 43.4 Å². The summed E-state index contributed by atoms with van der Waals surface area (Å²) in [6.07, 6.45) is 7.03. The molecule has 3 fully saturated rings. The van der Waals surface area contributed by atoms with E-state index in [-0.39, 0.29) is 17.5 Å². The SMILES string of the molecule is O=C(CN1CCc2[nH]cnc2C12CCOCC2)N1CCOCC1C1CC1. The van der Waals surface area contributed by atoms with Crippen LogP contribution >= 0.6 is 0 Å². The molecule has 0 radical (unpaired) electrons. The summed E-state index contributed by atoms with van der Waals surface area (Å²) >= 11 is 0. The summed E-state index contributed by atoms with van der Waals surface area (Å²) in [4.78, 5) is 25.7. The zero-order valence-electron chi connectivity index (χ0n) is 15.3.